The molecule has 1 N–H and O–H groups in total. The first kappa shape index (κ1) is 9.45. The third kappa shape index (κ3) is 2.04. The zero-order valence-electron chi connectivity index (χ0n) is 8.29. The Bertz CT molecular complexity index is 419. The number of nitrogens with zero attached hydrogens (tertiary/aromatic N) is 4. The lowest BCUT2D eigenvalue weighted by Crippen LogP contribution is -2.30. The Balaban J connectivity index is 2.03. The quantitative estimate of drug-likeness (QED) is 0.785. The van der Waals surface area contributed by atoms with Crippen molar-refractivity contribution in [3.8, 4) is 0 Å². The Hall–Kier alpha value is -2.11. The largest absolute Gasteiger partial charge is 0.347 e. The van der Waals surface area contributed by atoms with Gasteiger partial charge >= 0.3 is 6.03 Å². The summed E-state index contributed by atoms with van der Waals surface area (Å²) in [5, 5.41) is 0. The summed E-state index contributed by atoms with van der Waals surface area (Å²) < 4.78 is 1.42. The Kier molecular flexibility index (Phi) is 2.49. The monoisotopic (exact) mass is 205 g/mol. The van der Waals surface area contributed by atoms with Crippen LogP contribution < -0.4 is 0 Å². The second kappa shape index (κ2) is 3.95. The molecule has 0 radical (unpaired) electrons. The summed E-state index contributed by atoms with van der Waals surface area (Å²) in [6.45, 7) is 0.448. The molecule has 78 valence electrons. The van der Waals surface area contributed by atoms with E-state index in [2.05, 4.69) is 15.0 Å². The molecule has 2 rings (SSSR count). The highest BCUT2D eigenvalue weighted by Gasteiger charge is 2.11. The first-order chi connectivity index (χ1) is 7.27. The zero-order chi connectivity index (χ0) is 10.7. The van der Waals surface area contributed by atoms with Crippen molar-refractivity contribution >= 4 is 6.03 Å². The smallest absolute Gasteiger partial charge is 0.329 e. The summed E-state index contributed by atoms with van der Waals surface area (Å²) in [7, 11) is 1.71. The van der Waals surface area contributed by atoms with E-state index in [0.717, 1.165) is 5.82 Å². The molecule has 0 saturated heterocycles. The van der Waals surface area contributed by atoms with E-state index in [1.165, 1.54) is 10.9 Å². The highest BCUT2D eigenvalue weighted by Crippen LogP contribution is 1.99. The van der Waals surface area contributed by atoms with E-state index >= 15 is 0 Å². The molecular weight excluding hydrogens is 194 g/mol. The van der Waals surface area contributed by atoms with Crippen molar-refractivity contribution in [2.24, 2.45) is 0 Å². The first-order valence-corrected chi connectivity index (χ1v) is 4.49. The lowest BCUT2D eigenvalue weighted by molar-refractivity contribution is 0.207. The normalized spacial score (nSPS) is 10.2. The predicted octanol–water partition coefficient (Wildman–Crippen LogP) is 0.706. The number of carbonyl (C=O) groups is 1. The topological polar surface area (TPSA) is 66.8 Å². The molecule has 0 aliphatic heterocycles. The van der Waals surface area contributed by atoms with Crippen LogP contribution in [0.4, 0.5) is 4.79 Å². The lowest BCUT2D eigenvalue weighted by atomic mass is 10.5. The number of carbonyl (C=O) groups excluding carboxylic acids is 1. The molecule has 15 heavy (non-hydrogen) atoms. The number of aromatic amines is 1. The standard InChI is InChI=1S/C9H11N5O/c1-13(6-8-11-2-3-12-8)9(15)14-5-4-10-7-14/h2-5,7H,6H2,1H3,(H,11,12). The van der Waals surface area contributed by atoms with Gasteiger partial charge in [-0.1, -0.05) is 0 Å². The number of hydrogen-bond acceptors (Lipinski definition) is 3. The number of nitrogens with one attached hydrogen (secondary N) is 1. The molecule has 0 unspecified atom stereocenters. The van der Waals surface area contributed by atoms with Crippen LogP contribution in [0.3, 0.4) is 0 Å². The van der Waals surface area contributed by atoms with Crippen LogP contribution in [-0.4, -0.2) is 37.5 Å². The van der Waals surface area contributed by atoms with Crippen LogP contribution in [0.2, 0.25) is 0 Å². The molecule has 6 heteroatoms. The predicted molar refractivity (Wildman–Crippen MR) is 53.1 cm³/mol. The summed E-state index contributed by atoms with van der Waals surface area (Å²) in [4.78, 5) is 24.1. The zero-order valence-corrected chi connectivity index (χ0v) is 8.29. The van der Waals surface area contributed by atoms with Crippen molar-refractivity contribution in [3.05, 3.63) is 36.9 Å². The van der Waals surface area contributed by atoms with Gasteiger partial charge in [0.2, 0.25) is 0 Å². The van der Waals surface area contributed by atoms with Gasteiger partial charge in [-0.2, -0.15) is 0 Å². The second-order valence-electron chi connectivity index (χ2n) is 3.14. The fourth-order valence-corrected chi connectivity index (χ4v) is 1.25. The average Bonchev–Trinajstić information content (AvgIpc) is 2.88. The van der Waals surface area contributed by atoms with Crippen LogP contribution >= 0.6 is 0 Å². The van der Waals surface area contributed by atoms with Gasteiger partial charge in [-0.05, 0) is 0 Å². The molecule has 0 aromatic carbocycles. The first-order valence-electron chi connectivity index (χ1n) is 4.49. The third-order valence-corrected chi connectivity index (χ3v) is 1.99. The fraction of sp³-hybridized carbons (Fsp3) is 0.222. The van der Waals surface area contributed by atoms with Gasteiger partial charge < -0.3 is 9.88 Å². The van der Waals surface area contributed by atoms with E-state index in [4.69, 9.17) is 0 Å². The van der Waals surface area contributed by atoms with Crippen LogP contribution in [0.15, 0.2) is 31.1 Å². The van der Waals surface area contributed by atoms with Gasteiger partial charge in [0, 0.05) is 31.8 Å². The summed E-state index contributed by atoms with van der Waals surface area (Å²) in [5.41, 5.74) is 0. The van der Waals surface area contributed by atoms with Gasteiger partial charge in [0.25, 0.3) is 0 Å². The van der Waals surface area contributed by atoms with Gasteiger partial charge in [-0.25, -0.2) is 14.8 Å². The Labute approximate surface area is 86.6 Å². The van der Waals surface area contributed by atoms with Crippen LogP contribution in [0.5, 0.6) is 0 Å². The molecule has 0 fully saturated rings. The molecular formula is C9H11N5O. The number of amides is 1. The molecule has 2 aromatic rings. The molecule has 0 bridgehead atoms. The van der Waals surface area contributed by atoms with E-state index in [9.17, 15) is 4.79 Å². The van der Waals surface area contributed by atoms with Gasteiger partial charge in [-0.3, -0.25) is 4.57 Å². The average molecular weight is 205 g/mol. The minimum atomic E-state index is -0.135. The third-order valence-electron chi connectivity index (χ3n) is 1.99. The second-order valence-corrected chi connectivity index (χ2v) is 3.14. The van der Waals surface area contributed by atoms with Gasteiger partial charge in [0.1, 0.15) is 12.2 Å². The van der Waals surface area contributed by atoms with E-state index in [1.54, 1.807) is 36.7 Å². The molecule has 0 saturated carbocycles. The summed E-state index contributed by atoms with van der Waals surface area (Å²) in [6.07, 6.45) is 8.04. The highest BCUT2D eigenvalue weighted by molar-refractivity contribution is 5.76. The Morgan fingerprint density at radius 3 is 3.07 bits per heavy atom. The molecule has 0 aliphatic carbocycles. The maximum Gasteiger partial charge on any atom is 0.329 e. The molecule has 0 atom stereocenters. The molecule has 0 spiro atoms. The van der Waals surface area contributed by atoms with Crippen molar-refractivity contribution < 1.29 is 4.79 Å². The van der Waals surface area contributed by atoms with Crippen molar-refractivity contribution in [2.45, 2.75) is 6.54 Å². The van der Waals surface area contributed by atoms with E-state index < -0.39 is 0 Å². The highest BCUT2D eigenvalue weighted by atomic mass is 16.2. The Morgan fingerprint density at radius 1 is 1.60 bits per heavy atom. The van der Waals surface area contributed by atoms with Crippen LogP contribution in [0.25, 0.3) is 0 Å². The Morgan fingerprint density at radius 2 is 2.47 bits per heavy atom. The van der Waals surface area contributed by atoms with Gasteiger partial charge in [-0.15, -0.1) is 0 Å². The molecule has 2 aromatic heterocycles. The van der Waals surface area contributed by atoms with Gasteiger partial charge in [0.15, 0.2) is 0 Å². The number of hydrogen-bond donors (Lipinski definition) is 1. The van der Waals surface area contributed by atoms with E-state index in [0.29, 0.717) is 6.54 Å². The SMILES string of the molecule is CN(Cc1ncc[nH]1)C(=O)n1ccnc1. The van der Waals surface area contributed by atoms with Crippen molar-refractivity contribution in [1.29, 1.82) is 0 Å². The van der Waals surface area contributed by atoms with Crippen molar-refractivity contribution in [2.75, 3.05) is 7.05 Å². The summed E-state index contributed by atoms with van der Waals surface area (Å²) in [5.74, 6) is 0.756. The maximum atomic E-state index is 11.7. The summed E-state index contributed by atoms with van der Waals surface area (Å²) >= 11 is 0. The molecule has 0 aliphatic rings. The van der Waals surface area contributed by atoms with Crippen LogP contribution in [0, 0.1) is 0 Å². The van der Waals surface area contributed by atoms with E-state index in [-0.39, 0.29) is 6.03 Å². The van der Waals surface area contributed by atoms with Crippen molar-refractivity contribution in [3.63, 3.8) is 0 Å². The number of imidazole rings is 2. The van der Waals surface area contributed by atoms with E-state index in [1.807, 2.05) is 0 Å². The fourth-order valence-electron chi connectivity index (χ4n) is 1.25. The summed E-state index contributed by atoms with van der Waals surface area (Å²) in [6, 6.07) is -0.135. The molecule has 1 amide bonds. The maximum absolute atomic E-state index is 11.7. The number of H-pyrrole nitrogens is 1. The number of rotatable bonds is 2. The minimum absolute atomic E-state index is 0.135. The minimum Gasteiger partial charge on any atom is -0.347 e. The van der Waals surface area contributed by atoms with Crippen LogP contribution in [-0.2, 0) is 6.54 Å². The molecule has 6 nitrogen and oxygen atoms in total. The van der Waals surface area contributed by atoms with Crippen LogP contribution in [0.1, 0.15) is 5.82 Å². The lowest BCUT2D eigenvalue weighted by Gasteiger charge is -2.15. The van der Waals surface area contributed by atoms with Crippen molar-refractivity contribution in [1.82, 2.24) is 24.4 Å². The molecule has 2 heterocycles. The number of aromatic nitrogens is 4. The van der Waals surface area contributed by atoms with Gasteiger partial charge in [0.05, 0.1) is 6.54 Å².